The summed E-state index contributed by atoms with van der Waals surface area (Å²) in [6, 6.07) is -1.58. The van der Waals surface area contributed by atoms with Crippen LogP contribution in [0.25, 0.3) is 0 Å². The molecule has 0 saturated heterocycles. The highest BCUT2D eigenvalue weighted by Gasteiger charge is 2.38. The lowest BCUT2D eigenvalue weighted by Crippen LogP contribution is -2.39. The number of nitrogens with zero attached hydrogens (tertiary/aromatic N) is 1. The molecule has 252 valence electrons. The van der Waals surface area contributed by atoms with Gasteiger partial charge in [0.05, 0.1) is 18.2 Å². The fourth-order valence-corrected chi connectivity index (χ4v) is 3.95. The minimum absolute atomic E-state index is 0. The lowest BCUT2D eigenvalue weighted by Gasteiger charge is -2.20. The van der Waals surface area contributed by atoms with E-state index < -0.39 is 12.2 Å². The van der Waals surface area contributed by atoms with Crippen molar-refractivity contribution in [3.8, 4) is 0 Å². The van der Waals surface area contributed by atoms with Gasteiger partial charge in [0, 0.05) is 11.1 Å². The molecule has 0 radical (unpaired) electrons. The van der Waals surface area contributed by atoms with Crippen LogP contribution < -0.4 is 10.7 Å². The maximum absolute atomic E-state index is 12.6. The number of alkyl halides is 3. The summed E-state index contributed by atoms with van der Waals surface area (Å²) in [6.07, 6.45) is 8.58. The van der Waals surface area contributed by atoms with Crippen molar-refractivity contribution in [2.45, 2.75) is 155 Å². The third kappa shape index (κ3) is 27.2. The Kier molecular flexibility index (Phi) is 40.3. The number of nitrogens with one attached hydrogen (secondary N) is 2. The van der Waals surface area contributed by atoms with Crippen LogP contribution in [-0.2, 0) is 0 Å². The molecule has 0 amide bonds. The van der Waals surface area contributed by atoms with Crippen molar-refractivity contribution < 1.29 is 18.3 Å². The van der Waals surface area contributed by atoms with Gasteiger partial charge in [-0.1, -0.05) is 105 Å². The first-order valence-corrected chi connectivity index (χ1v) is 16.5. The van der Waals surface area contributed by atoms with Crippen LogP contribution in [0, 0.1) is 0 Å². The van der Waals surface area contributed by atoms with E-state index in [4.69, 9.17) is 5.11 Å². The van der Waals surface area contributed by atoms with E-state index >= 15 is 0 Å². The van der Waals surface area contributed by atoms with Gasteiger partial charge in [-0.15, -0.1) is 11.8 Å². The average molecular weight is 624 g/mol. The highest BCUT2D eigenvalue weighted by atomic mass is 32.2. The number of halogens is 3. The van der Waals surface area contributed by atoms with Gasteiger partial charge in [0.1, 0.15) is 6.04 Å². The number of thioether (sulfide) groups is 1. The number of hydrazone groups is 1. The topological polar surface area (TPSA) is 56.6 Å². The van der Waals surface area contributed by atoms with Crippen molar-refractivity contribution >= 4 is 17.5 Å². The molecule has 1 atom stereocenters. The van der Waals surface area contributed by atoms with Gasteiger partial charge >= 0.3 is 6.18 Å². The van der Waals surface area contributed by atoms with Crippen LogP contribution >= 0.6 is 11.8 Å². The first kappa shape index (κ1) is 50.0. The van der Waals surface area contributed by atoms with Crippen molar-refractivity contribution in [2.24, 2.45) is 5.10 Å². The smallest absolute Gasteiger partial charge is 0.392 e. The Morgan fingerprint density at radius 2 is 1.64 bits per heavy atom. The summed E-state index contributed by atoms with van der Waals surface area (Å²) < 4.78 is 37.7. The third-order valence-electron chi connectivity index (χ3n) is 5.67. The Balaban J connectivity index is -0.000000166. The molecule has 2 rings (SSSR count). The average Bonchev–Trinajstić information content (AvgIpc) is 3.50. The number of aliphatic hydroxyl groups excluding tert-OH is 1. The Bertz CT molecular complexity index is 770. The molecule has 0 fully saturated rings. The predicted molar refractivity (Wildman–Crippen MR) is 187 cm³/mol. The summed E-state index contributed by atoms with van der Waals surface area (Å²) in [5.41, 5.74) is 7.44. The molecule has 1 unspecified atom stereocenters. The van der Waals surface area contributed by atoms with Crippen molar-refractivity contribution in [3.63, 3.8) is 0 Å². The zero-order valence-electron chi connectivity index (χ0n) is 28.6. The molecule has 0 bridgehead atoms. The lowest BCUT2D eigenvalue weighted by molar-refractivity contribution is -0.156. The maximum Gasteiger partial charge on any atom is 0.410 e. The van der Waals surface area contributed by atoms with Gasteiger partial charge in [0.2, 0.25) is 0 Å². The Morgan fingerprint density at radius 1 is 1.07 bits per heavy atom. The standard InChI is InChI=1S/C14H21F3N2.C7H13NS.C6H12O.3C2H6.CH4/c1-5-13(14(15,16)17)19-18-11(4)12-7-6-9(2)10(3)8-12;1-2-3-4-7-5-8-6-9-7;1-3-4-6(2)5-7;3*1-2;/h8,13,19H,5-7H2,1-4H3;5,8H,2-4,6H2,1H3;4,7H,3,5H2,1-2H3;3*1-2H3;1H4/b18-11+;;6-4+;;;;. The SMILES string of the molecule is C.CC.CC.CC.CC/C=C(\C)CO.CCC(N/N=C(\C)C1=CC(C)=C(C)CC1)C(F)(F)F.CCCCC1=CNCS1. The van der Waals surface area contributed by atoms with Crippen LogP contribution in [0.15, 0.2) is 50.7 Å². The number of allylic oxidation sites excluding steroid dienone is 6. The van der Waals surface area contributed by atoms with Crippen molar-refractivity contribution in [3.05, 3.63) is 45.5 Å². The molecular weight excluding hydrogens is 555 g/mol. The number of unbranched alkanes of at least 4 members (excludes halogenated alkanes) is 1. The minimum Gasteiger partial charge on any atom is -0.392 e. The molecule has 42 heavy (non-hydrogen) atoms. The molecule has 1 heterocycles. The quantitative estimate of drug-likeness (QED) is 0.136. The van der Waals surface area contributed by atoms with E-state index in [2.05, 4.69) is 42.8 Å². The fourth-order valence-electron chi connectivity index (χ4n) is 3.14. The van der Waals surface area contributed by atoms with E-state index in [9.17, 15) is 13.2 Å². The van der Waals surface area contributed by atoms with Gasteiger partial charge in [-0.2, -0.15) is 18.3 Å². The molecule has 1 aliphatic heterocycles. The molecule has 0 aromatic carbocycles. The van der Waals surface area contributed by atoms with Crippen molar-refractivity contribution in [1.82, 2.24) is 10.7 Å². The van der Waals surface area contributed by atoms with Crippen LogP contribution in [0.5, 0.6) is 0 Å². The van der Waals surface area contributed by atoms with E-state index in [1.54, 1.807) is 6.92 Å². The molecule has 4 nitrogen and oxygen atoms in total. The zero-order chi connectivity index (χ0) is 32.9. The molecular formula is C34H68F3N3OS. The van der Waals surface area contributed by atoms with E-state index in [1.807, 2.05) is 79.3 Å². The van der Waals surface area contributed by atoms with Crippen LogP contribution in [0.1, 0.15) is 142 Å². The molecule has 8 heteroatoms. The second kappa shape index (κ2) is 33.8. The van der Waals surface area contributed by atoms with Gasteiger partial charge in [-0.05, 0) is 71.8 Å². The second-order valence-electron chi connectivity index (χ2n) is 8.79. The number of aliphatic hydroxyl groups is 1. The Labute approximate surface area is 263 Å². The largest absolute Gasteiger partial charge is 0.410 e. The van der Waals surface area contributed by atoms with E-state index in [1.165, 1.54) is 42.2 Å². The predicted octanol–water partition coefficient (Wildman–Crippen LogP) is 11.7. The van der Waals surface area contributed by atoms with Crippen molar-refractivity contribution in [2.75, 3.05) is 12.5 Å². The molecule has 1 aliphatic carbocycles. The van der Waals surface area contributed by atoms with Gasteiger partial charge < -0.3 is 10.4 Å². The summed E-state index contributed by atoms with van der Waals surface area (Å²) >= 11 is 1.93. The lowest BCUT2D eigenvalue weighted by atomic mass is 9.92. The molecule has 3 N–H and O–H groups in total. The third-order valence-corrected chi connectivity index (χ3v) is 6.68. The highest BCUT2D eigenvalue weighted by molar-refractivity contribution is 8.03. The van der Waals surface area contributed by atoms with Crippen molar-refractivity contribution in [1.29, 1.82) is 0 Å². The number of rotatable bonds is 9. The van der Waals surface area contributed by atoms with E-state index in [0.717, 1.165) is 36.3 Å². The first-order chi connectivity index (χ1) is 19.5. The normalized spacial score (nSPS) is 14.9. The van der Waals surface area contributed by atoms with Gasteiger partial charge in [0.25, 0.3) is 0 Å². The number of hydrogen-bond donors (Lipinski definition) is 3. The van der Waals surface area contributed by atoms with Crippen LogP contribution in [-0.4, -0.2) is 35.5 Å². The summed E-state index contributed by atoms with van der Waals surface area (Å²) in [7, 11) is 0. The van der Waals surface area contributed by atoms with Gasteiger partial charge in [-0.3, -0.25) is 5.43 Å². The van der Waals surface area contributed by atoms with Crippen LogP contribution in [0.4, 0.5) is 13.2 Å². The maximum atomic E-state index is 12.6. The Hall–Kier alpha value is -1.67. The van der Waals surface area contributed by atoms with Crippen LogP contribution in [0.2, 0.25) is 0 Å². The molecule has 0 saturated carbocycles. The minimum atomic E-state index is -4.26. The van der Waals surface area contributed by atoms with E-state index in [-0.39, 0.29) is 20.5 Å². The Morgan fingerprint density at radius 3 is 2.00 bits per heavy atom. The summed E-state index contributed by atoms with van der Waals surface area (Å²) in [5.74, 6) is 1.08. The number of hydrogen-bond acceptors (Lipinski definition) is 5. The van der Waals surface area contributed by atoms with Crippen LogP contribution in [0.3, 0.4) is 0 Å². The first-order valence-electron chi connectivity index (χ1n) is 15.5. The zero-order valence-corrected chi connectivity index (χ0v) is 29.4. The summed E-state index contributed by atoms with van der Waals surface area (Å²) in [4.78, 5) is 1.52. The molecule has 0 aromatic heterocycles. The highest BCUT2D eigenvalue weighted by Crippen LogP contribution is 2.25. The molecule has 2 aliphatic rings. The van der Waals surface area contributed by atoms with E-state index in [0.29, 0.717) is 5.71 Å². The molecule has 0 aromatic rings. The monoisotopic (exact) mass is 624 g/mol. The van der Waals surface area contributed by atoms with Gasteiger partial charge in [0.15, 0.2) is 0 Å². The summed E-state index contributed by atoms with van der Waals surface area (Å²) in [6.45, 7) is 25.7. The van der Waals surface area contributed by atoms with Gasteiger partial charge in [-0.25, -0.2) is 0 Å². The summed E-state index contributed by atoms with van der Waals surface area (Å²) in [5, 5.41) is 15.5. The fraction of sp³-hybridized carbons (Fsp3) is 0.735. The molecule has 0 spiro atoms. The second-order valence-corrected chi connectivity index (χ2v) is 9.89.